The Morgan fingerprint density at radius 1 is 1.30 bits per heavy atom. The zero-order valence-electron chi connectivity index (χ0n) is 12.6. The average Bonchev–Trinajstić information content (AvgIpc) is 2.44. The van der Waals surface area contributed by atoms with Crippen LogP contribution in [0.2, 0.25) is 0 Å². The zero-order chi connectivity index (χ0) is 15.2. The fourth-order valence-electron chi connectivity index (χ4n) is 2.07. The van der Waals surface area contributed by atoms with Crippen LogP contribution < -0.4 is 0 Å². The van der Waals surface area contributed by atoms with Crippen LogP contribution in [0.1, 0.15) is 44.7 Å². The molecule has 1 aromatic rings. The largest absolute Gasteiger partial charge is 0.289 e. The van der Waals surface area contributed by atoms with Crippen molar-refractivity contribution in [1.29, 1.82) is 0 Å². The van der Waals surface area contributed by atoms with Crippen molar-refractivity contribution in [3.05, 3.63) is 47.4 Å². The molecule has 1 rings (SSSR count). The van der Waals surface area contributed by atoms with Crippen LogP contribution >= 0.6 is 0 Å². The van der Waals surface area contributed by atoms with Gasteiger partial charge in [0, 0.05) is 0 Å². The molecular formula is C16H24O3S. The predicted octanol–water partition coefficient (Wildman–Crippen LogP) is 3.80. The minimum absolute atomic E-state index is 0.130. The topological polar surface area (TPSA) is 43.4 Å². The SMILES string of the molecule is C=CS(=O)(=O)OCCCc1ccccc1C(C)(C)CC. The molecule has 0 aliphatic rings. The van der Waals surface area contributed by atoms with E-state index in [1.165, 1.54) is 11.1 Å². The molecule has 0 aliphatic heterocycles. The lowest BCUT2D eigenvalue weighted by Gasteiger charge is -2.26. The summed E-state index contributed by atoms with van der Waals surface area (Å²) in [5.41, 5.74) is 2.72. The molecule has 112 valence electrons. The Balaban J connectivity index is 2.68. The molecule has 0 saturated carbocycles. The van der Waals surface area contributed by atoms with E-state index in [-0.39, 0.29) is 12.0 Å². The van der Waals surface area contributed by atoms with Gasteiger partial charge in [0.15, 0.2) is 0 Å². The summed E-state index contributed by atoms with van der Waals surface area (Å²) in [5.74, 6) is 0. The van der Waals surface area contributed by atoms with E-state index in [0.717, 1.165) is 18.2 Å². The molecule has 0 aromatic heterocycles. The molecule has 0 saturated heterocycles. The highest BCUT2D eigenvalue weighted by Crippen LogP contribution is 2.30. The highest BCUT2D eigenvalue weighted by Gasteiger charge is 2.20. The Hall–Kier alpha value is -1.13. The van der Waals surface area contributed by atoms with E-state index in [9.17, 15) is 8.42 Å². The normalized spacial score (nSPS) is 12.3. The third-order valence-electron chi connectivity index (χ3n) is 3.67. The van der Waals surface area contributed by atoms with Crippen LogP contribution in [0, 0.1) is 0 Å². The first-order valence-electron chi connectivity index (χ1n) is 6.92. The Morgan fingerprint density at radius 2 is 1.95 bits per heavy atom. The third-order valence-corrected chi connectivity index (χ3v) is 4.58. The van der Waals surface area contributed by atoms with Gasteiger partial charge in [-0.3, -0.25) is 4.18 Å². The molecule has 4 heteroatoms. The molecule has 20 heavy (non-hydrogen) atoms. The average molecular weight is 296 g/mol. The van der Waals surface area contributed by atoms with Gasteiger partial charge in [0.05, 0.1) is 12.0 Å². The van der Waals surface area contributed by atoms with Crippen molar-refractivity contribution < 1.29 is 12.6 Å². The second-order valence-corrected chi connectivity index (χ2v) is 7.03. The standard InChI is InChI=1S/C16H24O3S/c1-5-16(3,4)15-12-8-7-10-14(15)11-9-13-19-20(17,18)6-2/h6-8,10,12H,2,5,9,11,13H2,1,3-4H3. The van der Waals surface area contributed by atoms with Gasteiger partial charge in [0.2, 0.25) is 0 Å². The quantitative estimate of drug-likeness (QED) is 0.541. The van der Waals surface area contributed by atoms with Gasteiger partial charge in [-0.15, -0.1) is 0 Å². The van der Waals surface area contributed by atoms with Gasteiger partial charge >= 0.3 is 0 Å². The van der Waals surface area contributed by atoms with Crippen LogP contribution in [0.5, 0.6) is 0 Å². The Bertz CT molecular complexity index is 545. The van der Waals surface area contributed by atoms with Gasteiger partial charge < -0.3 is 0 Å². The van der Waals surface area contributed by atoms with E-state index >= 15 is 0 Å². The fraction of sp³-hybridized carbons (Fsp3) is 0.500. The van der Waals surface area contributed by atoms with Crippen molar-refractivity contribution in [3.63, 3.8) is 0 Å². The molecule has 0 radical (unpaired) electrons. The second-order valence-electron chi connectivity index (χ2n) is 5.48. The summed E-state index contributed by atoms with van der Waals surface area (Å²) in [6, 6.07) is 8.33. The lowest BCUT2D eigenvalue weighted by molar-refractivity contribution is 0.317. The second kappa shape index (κ2) is 7.04. The summed E-state index contributed by atoms with van der Waals surface area (Å²) < 4.78 is 27.1. The predicted molar refractivity (Wildman–Crippen MR) is 83.1 cm³/mol. The highest BCUT2D eigenvalue weighted by atomic mass is 32.2. The minimum Gasteiger partial charge on any atom is -0.267 e. The first-order valence-corrected chi connectivity index (χ1v) is 8.40. The Morgan fingerprint density at radius 3 is 2.55 bits per heavy atom. The summed E-state index contributed by atoms with van der Waals surface area (Å²) >= 11 is 0. The van der Waals surface area contributed by atoms with Gasteiger partial charge in [-0.25, -0.2) is 0 Å². The van der Waals surface area contributed by atoms with Crippen LogP contribution in [0.3, 0.4) is 0 Å². The van der Waals surface area contributed by atoms with E-state index in [2.05, 4.69) is 45.5 Å². The molecule has 0 N–H and O–H groups in total. The van der Waals surface area contributed by atoms with Crippen molar-refractivity contribution >= 4 is 10.1 Å². The molecule has 0 fully saturated rings. The fourth-order valence-corrected chi connectivity index (χ4v) is 2.52. The van der Waals surface area contributed by atoms with Crippen LogP contribution in [0.4, 0.5) is 0 Å². The number of benzene rings is 1. The summed E-state index contributed by atoms with van der Waals surface area (Å²) in [6.45, 7) is 10.0. The third kappa shape index (κ3) is 4.76. The number of hydrogen-bond donors (Lipinski definition) is 0. The van der Waals surface area contributed by atoms with Gasteiger partial charge in [0.25, 0.3) is 10.1 Å². The van der Waals surface area contributed by atoms with Crippen molar-refractivity contribution in [2.45, 2.75) is 45.4 Å². The zero-order valence-corrected chi connectivity index (χ0v) is 13.4. The van der Waals surface area contributed by atoms with Gasteiger partial charge in [0.1, 0.15) is 0 Å². The van der Waals surface area contributed by atoms with E-state index in [1.54, 1.807) is 0 Å². The summed E-state index contributed by atoms with van der Waals surface area (Å²) in [5, 5.41) is 0.834. The smallest absolute Gasteiger partial charge is 0.267 e. The highest BCUT2D eigenvalue weighted by molar-refractivity contribution is 7.89. The lowest BCUT2D eigenvalue weighted by atomic mass is 9.79. The maximum Gasteiger partial charge on any atom is 0.289 e. The molecule has 0 unspecified atom stereocenters. The van der Waals surface area contributed by atoms with E-state index in [4.69, 9.17) is 4.18 Å². The molecule has 1 aromatic carbocycles. The van der Waals surface area contributed by atoms with Crippen LogP contribution in [0.15, 0.2) is 36.3 Å². The van der Waals surface area contributed by atoms with Crippen LogP contribution in [-0.2, 0) is 26.1 Å². The first kappa shape index (κ1) is 16.9. The van der Waals surface area contributed by atoms with E-state index in [1.807, 2.05) is 6.07 Å². The molecule has 0 spiro atoms. The lowest BCUT2D eigenvalue weighted by Crippen LogP contribution is -2.18. The van der Waals surface area contributed by atoms with Crippen molar-refractivity contribution in [2.24, 2.45) is 0 Å². The van der Waals surface area contributed by atoms with Crippen molar-refractivity contribution in [1.82, 2.24) is 0 Å². The monoisotopic (exact) mass is 296 g/mol. The van der Waals surface area contributed by atoms with Crippen molar-refractivity contribution in [2.75, 3.05) is 6.61 Å². The molecular weight excluding hydrogens is 272 g/mol. The first-order chi connectivity index (χ1) is 9.32. The number of aryl methyl sites for hydroxylation is 1. The van der Waals surface area contributed by atoms with Gasteiger partial charge in [-0.2, -0.15) is 8.42 Å². The Labute approximate surface area is 122 Å². The number of rotatable bonds is 8. The van der Waals surface area contributed by atoms with Crippen LogP contribution in [0.25, 0.3) is 0 Å². The maximum atomic E-state index is 11.1. The van der Waals surface area contributed by atoms with E-state index in [0.29, 0.717) is 6.42 Å². The van der Waals surface area contributed by atoms with Gasteiger partial charge in [-0.05, 0) is 35.8 Å². The Kier molecular flexibility index (Phi) is 5.96. The molecule has 3 nitrogen and oxygen atoms in total. The van der Waals surface area contributed by atoms with Crippen molar-refractivity contribution in [3.8, 4) is 0 Å². The molecule has 0 bridgehead atoms. The summed E-state index contributed by atoms with van der Waals surface area (Å²) in [6.07, 6.45) is 2.54. The molecule has 0 amide bonds. The molecule has 0 aliphatic carbocycles. The molecule has 0 atom stereocenters. The van der Waals surface area contributed by atoms with Crippen LogP contribution in [-0.4, -0.2) is 15.0 Å². The number of hydrogen-bond acceptors (Lipinski definition) is 3. The summed E-state index contributed by atoms with van der Waals surface area (Å²) in [7, 11) is -3.55. The summed E-state index contributed by atoms with van der Waals surface area (Å²) in [4.78, 5) is 0. The molecule has 0 heterocycles. The van der Waals surface area contributed by atoms with E-state index < -0.39 is 10.1 Å². The minimum atomic E-state index is -3.55. The van der Waals surface area contributed by atoms with Gasteiger partial charge in [-0.1, -0.05) is 51.6 Å². The maximum absolute atomic E-state index is 11.1.